The lowest BCUT2D eigenvalue weighted by Crippen LogP contribution is -2.51. The van der Waals surface area contributed by atoms with Gasteiger partial charge in [-0.25, -0.2) is 9.59 Å². The fourth-order valence-corrected chi connectivity index (χ4v) is 6.37. The first kappa shape index (κ1) is 25.2. The zero-order valence-electron chi connectivity index (χ0n) is 18.8. The van der Waals surface area contributed by atoms with E-state index < -0.39 is 30.2 Å². The SMILES string of the molecule is N#Cc1ccc(SC2SC[C@@H](OC(=O)c3ccccc3)[C@H](OC(=O)c3ccccc3)[C@H]2N=[N+]=[N-])cc1. The summed E-state index contributed by atoms with van der Waals surface area (Å²) in [4.78, 5) is 29.6. The minimum Gasteiger partial charge on any atom is -0.454 e. The summed E-state index contributed by atoms with van der Waals surface area (Å²) in [6.07, 6.45) is -1.83. The normalized spacial score (nSPS) is 20.9. The predicted octanol–water partition coefficient (Wildman–Crippen LogP) is 5.85. The summed E-state index contributed by atoms with van der Waals surface area (Å²) in [7, 11) is 0. The van der Waals surface area contributed by atoms with E-state index in [-0.39, 0.29) is 4.58 Å². The lowest BCUT2D eigenvalue weighted by atomic mass is 10.1. The maximum atomic E-state index is 13.0. The van der Waals surface area contributed by atoms with Crippen molar-refractivity contribution in [1.82, 2.24) is 0 Å². The van der Waals surface area contributed by atoms with E-state index in [1.54, 1.807) is 72.8 Å². The molecule has 3 aromatic carbocycles. The fourth-order valence-electron chi connectivity index (χ4n) is 3.58. The fraction of sp³-hybridized carbons (Fsp3) is 0.192. The van der Waals surface area contributed by atoms with Crippen LogP contribution < -0.4 is 0 Å². The van der Waals surface area contributed by atoms with Crippen LogP contribution in [0.5, 0.6) is 0 Å². The molecule has 0 amide bonds. The molecule has 4 atom stereocenters. The molecule has 1 heterocycles. The molecule has 0 spiro atoms. The average molecular weight is 517 g/mol. The standard InChI is InChI=1S/C26H20N4O4S2/c27-15-17-11-13-20(14-12-17)36-26-22(29-30-28)23(34-25(32)19-9-5-2-6-10-19)21(16-35-26)33-24(31)18-7-3-1-4-8-18/h1-14,21-23,26H,16H2/t21-,22-,23+,26?/m1/s1. The highest BCUT2D eigenvalue weighted by molar-refractivity contribution is 8.17. The van der Waals surface area contributed by atoms with Gasteiger partial charge in [-0.15, -0.1) is 23.5 Å². The predicted molar refractivity (Wildman–Crippen MR) is 137 cm³/mol. The third kappa shape index (κ3) is 6.20. The molecule has 0 aromatic heterocycles. The maximum absolute atomic E-state index is 13.0. The van der Waals surface area contributed by atoms with Gasteiger partial charge in [0.15, 0.2) is 6.10 Å². The molecule has 10 heteroatoms. The van der Waals surface area contributed by atoms with E-state index in [0.717, 1.165) is 4.90 Å². The Kier molecular flexibility index (Phi) is 8.53. The van der Waals surface area contributed by atoms with Crippen LogP contribution in [0.3, 0.4) is 0 Å². The van der Waals surface area contributed by atoms with Crippen LogP contribution in [0, 0.1) is 11.3 Å². The third-order valence-corrected chi connectivity index (χ3v) is 8.23. The van der Waals surface area contributed by atoms with E-state index in [4.69, 9.17) is 14.7 Å². The van der Waals surface area contributed by atoms with Crippen LogP contribution in [0.4, 0.5) is 0 Å². The van der Waals surface area contributed by atoms with E-state index in [9.17, 15) is 15.1 Å². The van der Waals surface area contributed by atoms with Crippen molar-refractivity contribution in [2.24, 2.45) is 5.11 Å². The number of rotatable bonds is 7. The smallest absolute Gasteiger partial charge is 0.338 e. The molecular weight excluding hydrogens is 496 g/mol. The maximum Gasteiger partial charge on any atom is 0.338 e. The zero-order valence-corrected chi connectivity index (χ0v) is 20.5. The molecule has 8 nitrogen and oxygen atoms in total. The van der Waals surface area contributed by atoms with Gasteiger partial charge in [-0.05, 0) is 54.1 Å². The molecule has 4 rings (SSSR count). The number of esters is 2. The van der Waals surface area contributed by atoms with Gasteiger partial charge in [0.05, 0.1) is 33.4 Å². The van der Waals surface area contributed by atoms with Gasteiger partial charge >= 0.3 is 11.9 Å². The Morgan fingerprint density at radius 3 is 2.08 bits per heavy atom. The van der Waals surface area contributed by atoms with Crippen molar-refractivity contribution in [2.45, 2.75) is 27.7 Å². The third-order valence-electron chi connectivity index (χ3n) is 5.35. The van der Waals surface area contributed by atoms with Crippen LogP contribution in [0.25, 0.3) is 10.4 Å². The minimum absolute atomic E-state index is 0.325. The van der Waals surface area contributed by atoms with Gasteiger partial charge in [-0.2, -0.15) is 5.26 Å². The van der Waals surface area contributed by atoms with Gasteiger partial charge in [0.25, 0.3) is 0 Å². The Balaban J connectivity index is 1.61. The molecular formula is C26H20N4O4S2. The van der Waals surface area contributed by atoms with E-state index in [1.165, 1.54) is 23.5 Å². The van der Waals surface area contributed by atoms with Crippen molar-refractivity contribution in [2.75, 3.05) is 5.75 Å². The Labute approximate surface area is 216 Å². The topological polar surface area (TPSA) is 125 Å². The molecule has 0 bridgehead atoms. The number of azide groups is 1. The molecule has 36 heavy (non-hydrogen) atoms. The van der Waals surface area contributed by atoms with Gasteiger partial charge in [-0.3, -0.25) is 0 Å². The van der Waals surface area contributed by atoms with Gasteiger partial charge in [0.2, 0.25) is 0 Å². The molecule has 1 unspecified atom stereocenters. The van der Waals surface area contributed by atoms with Crippen LogP contribution in [0.2, 0.25) is 0 Å². The second kappa shape index (κ2) is 12.2. The number of hydrogen-bond donors (Lipinski definition) is 0. The minimum atomic E-state index is -1.00. The lowest BCUT2D eigenvalue weighted by molar-refractivity contribution is -0.0368. The summed E-state index contributed by atoms with van der Waals surface area (Å²) in [6, 6.07) is 25.3. The van der Waals surface area contributed by atoms with Crippen LogP contribution in [0.1, 0.15) is 26.3 Å². The van der Waals surface area contributed by atoms with Crippen molar-refractivity contribution in [3.05, 3.63) is 112 Å². The van der Waals surface area contributed by atoms with Crippen LogP contribution >= 0.6 is 23.5 Å². The summed E-state index contributed by atoms with van der Waals surface area (Å²) in [5, 5.41) is 13.0. The zero-order chi connectivity index (χ0) is 25.3. The van der Waals surface area contributed by atoms with E-state index >= 15 is 0 Å². The van der Waals surface area contributed by atoms with Gasteiger partial charge < -0.3 is 9.47 Å². The van der Waals surface area contributed by atoms with Gasteiger partial charge in [0.1, 0.15) is 6.10 Å². The molecule has 0 aliphatic carbocycles. The molecule has 1 fully saturated rings. The van der Waals surface area contributed by atoms with E-state index in [2.05, 4.69) is 16.1 Å². The van der Waals surface area contributed by atoms with Crippen molar-refractivity contribution < 1.29 is 19.1 Å². The monoisotopic (exact) mass is 516 g/mol. The van der Waals surface area contributed by atoms with Crippen LogP contribution in [-0.2, 0) is 9.47 Å². The number of carbonyl (C=O) groups excluding carboxylic acids is 2. The highest BCUT2D eigenvalue weighted by Gasteiger charge is 2.45. The van der Waals surface area contributed by atoms with Crippen LogP contribution in [-0.4, -0.2) is 40.5 Å². The number of benzene rings is 3. The van der Waals surface area contributed by atoms with Gasteiger partial charge in [0, 0.05) is 15.6 Å². The summed E-state index contributed by atoms with van der Waals surface area (Å²) in [5.74, 6) is -0.829. The Bertz CT molecular complexity index is 1290. The Hall–Kier alpha value is -3.90. The number of hydrogen-bond acceptors (Lipinski definition) is 8. The van der Waals surface area contributed by atoms with Crippen molar-refractivity contribution in [1.29, 1.82) is 5.26 Å². The second-order valence-electron chi connectivity index (χ2n) is 7.70. The first-order valence-electron chi connectivity index (χ1n) is 10.9. The molecule has 1 aliphatic heterocycles. The Morgan fingerprint density at radius 1 is 0.944 bits per heavy atom. The van der Waals surface area contributed by atoms with Gasteiger partial charge in [-0.1, -0.05) is 41.5 Å². The summed E-state index contributed by atoms with van der Waals surface area (Å²) < 4.78 is 11.3. The van der Waals surface area contributed by atoms with E-state index in [1.807, 2.05) is 12.1 Å². The molecule has 180 valence electrons. The summed E-state index contributed by atoms with van der Waals surface area (Å²) in [6.45, 7) is 0. The highest BCUT2D eigenvalue weighted by atomic mass is 32.2. The Morgan fingerprint density at radius 2 is 1.53 bits per heavy atom. The average Bonchev–Trinajstić information content (AvgIpc) is 2.93. The summed E-state index contributed by atoms with van der Waals surface area (Å²) >= 11 is 2.89. The largest absolute Gasteiger partial charge is 0.454 e. The number of carbonyl (C=O) groups is 2. The number of nitriles is 1. The van der Waals surface area contributed by atoms with E-state index in [0.29, 0.717) is 22.4 Å². The first-order chi connectivity index (χ1) is 17.6. The second-order valence-corrected chi connectivity index (χ2v) is 10.4. The molecule has 0 saturated carbocycles. The molecule has 1 aliphatic rings. The quantitative estimate of drug-likeness (QED) is 0.167. The van der Waals surface area contributed by atoms with Crippen molar-refractivity contribution >= 4 is 35.5 Å². The molecule has 0 radical (unpaired) electrons. The highest BCUT2D eigenvalue weighted by Crippen LogP contribution is 2.42. The lowest BCUT2D eigenvalue weighted by Gasteiger charge is -2.39. The van der Waals surface area contributed by atoms with Crippen molar-refractivity contribution in [3.63, 3.8) is 0 Å². The molecule has 3 aromatic rings. The summed E-state index contributed by atoms with van der Waals surface area (Å²) in [5.41, 5.74) is 10.6. The van der Waals surface area contributed by atoms with Crippen molar-refractivity contribution in [3.8, 4) is 6.07 Å². The molecule has 0 N–H and O–H groups in total. The number of nitrogens with zero attached hydrogens (tertiary/aromatic N) is 4. The first-order valence-corrected chi connectivity index (χ1v) is 12.9. The van der Waals surface area contributed by atoms with Crippen LogP contribution in [0.15, 0.2) is 94.9 Å². The number of thioether (sulfide) groups is 2. The molecule has 1 saturated heterocycles. The number of ether oxygens (including phenoxy) is 2.